The fourth-order valence-electron chi connectivity index (χ4n) is 2.96. The van der Waals surface area contributed by atoms with E-state index in [1.807, 2.05) is 0 Å². The van der Waals surface area contributed by atoms with E-state index in [2.05, 4.69) is 5.16 Å². The van der Waals surface area contributed by atoms with Gasteiger partial charge in [0.2, 0.25) is 5.91 Å². The molecule has 0 fully saturated rings. The van der Waals surface area contributed by atoms with Crippen molar-refractivity contribution >= 4 is 11.6 Å². The van der Waals surface area contributed by atoms with Crippen LogP contribution in [0.3, 0.4) is 0 Å². The summed E-state index contributed by atoms with van der Waals surface area (Å²) in [6.45, 7) is -0.0111. The van der Waals surface area contributed by atoms with Crippen molar-refractivity contribution in [3.8, 4) is 0 Å². The number of rotatable bonds is 7. The highest BCUT2D eigenvalue weighted by Gasteiger charge is 2.28. The molecule has 1 aliphatic heterocycles. The molecule has 0 saturated carbocycles. The van der Waals surface area contributed by atoms with Crippen LogP contribution in [-0.4, -0.2) is 42.9 Å². The zero-order valence-corrected chi connectivity index (χ0v) is 15.2. The molecule has 1 heterocycles. The van der Waals surface area contributed by atoms with Gasteiger partial charge in [0.1, 0.15) is 24.1 Å². The molecule has 2 aromatic rings. The molecule has 8 heteroatoms. The highest BCUT2D eigenvalue weighted by molar-refractivity contribution is 6.01. The van der Waals surface area contributed by atoms with E-state index in [-0.39, 0.29) is 37.6 Å². The van der Waals surface area contributed by atoms with Crippen molar-refractivity contribution in [2.24, 2.45) is 5.16 Å². The number of carbonyl (C=O) groups excluding carboxylic acids is 1. The van der Waals surface area contributed by atoms with E-state index in [0.717, 1.165) is 12.1 Å². The normalized spacial score (nSPS) is 15.9. The molecule has 0 radical (unpaired) electrons. The Bertz CT molecular complexity index is 889. The Morgan fingerprint density at radius 3 is 2.71 bits per heavy atom. The third-order valence-electron chi connectivity index (χ3n) is 4.34. The summed E-state index contributed by atoms with van der Waals surface area (Å²) in [7, 11) is 1.39. The maximum absolute atomic E-state index is 14.0. The van der Waals surface area contributed by atoms with Crippen LogP contribution in [-0.2, 0) is 20.9 Å². The average molecular weight is 392 g/mol. The third kappa shape index (κ3) is 4.69. The lowest BCUT2D eigenvalue weighted by Gasteiger charge is -2.25. The second kappa shape index (κ2) is 8.88. The average Bonchev–Trinajstić information content (AvgIpc) is 3.11. The van der Waals surface area contributed by atoms with Crippen LogP contribution in [0.1, 0.15) is 17.5 Å². The summed E-state index contributed by atoms with van der Waals surface area (Å²) >= 11 is 0. The Labute approximate surface area is 160 Å². The van der Waals surface area contributed by atoms with E-state index in [1.165, 1.54) is 24.1 Å². The number of methoxy groups -OCH3 is 1. The third-order valence-corrected chi connectivity index (χ3v) is 4.34. The zero-order chi connectivity index (χ0) is 20.1. The van der Waals surface area contributed by atoms with E-state index >= 15 is 0 Å². The molecule has 1 aliphatic rings. The Kier molecular flexibility index (Phi) is 6.30. The lowest BCUT2D eigenvalue weighted by Crippen LogP contribution is -2.39. The van der Waals surface area contributed by atoms with Gasteiger partial charge in [-0.3, -0.25) is 4.79 Å². The van der Waals surface area contributed by atoms with Crippen molar-refractivity contribution in [3.63, 3.8) is 0 Å². The number of carbonyl (C=O) groups is 1. The topological polar surface area (TPSA) is 51.1 Å². The monoisotopic (exact) mass is 392 g/mol. The summed E-state index contributed by atoms with van der Waals surface area (Å²) in [4.78, 5) is 19.1. The first-order chi connectivity index (χ1) is 13.5. The van der Waals surface area contributed by atoms with Gasteiger partial charge in [0, 0.05) is 37.3 Å². The van der Waals surface area contributed by atoms with Crippen molar-refractivity contribution in [1.29, 1.82) is 0 Å². The van der Waals surface area contributed by atoms with Gasteiger partial charge in [-0.25, -0.2) is 13.2 Å². The smallest absolute Gasteiger partial charge is 0.248 e. The molecule has 0 bridgehead atoms. The molecular weight excluding hydrogens is 373 g/mol. The minimum Gasteiger partial charge on any atom is -0.390 e. The Morgan fingerprint density at radius 2 is 2.00 bits per heavy atom. The van der Waals surface area contributed by atoms with Crippen LogP contribution in [0.5, 0.6) is 0 Å². The van der Waals surface area contributed by atoms with Crippen LogP contribution in [0.25, 0.3) is 0 Å². The van der Waals surface area contributed by atoms with Gasteiger partial charge < -0.3 is 14.5 Å². The summed E-state index contributed by atoms with van der Waals surface area (Å²) in [5.74, 6) is -2.17. The first-order valence-electron chi connectivity index (χ1n) is 8.66. The van der Waals surface area contributed by atoms with Gasteiger partial charge in [-0.1, -0.05) is 23.4 Å². The van der Waals surface area contributed by atoms with Crippen LogP contribution >= 0.6 is 0 Å². The molecule has 2 aromatic carbocycles. The number of hydrogen-bond acceptors (Lipinski definition) is 4. The van der Waals surface area contributed by atoms with Crippen LogP contribution in [0.15, 0.2) is 47.6 Å². The number of amides is 1. The van der Waals surface area contributed by atoms with Gasteiger partial charge in [0.25, 0.3) is 0 Å². The Balaban J connectivity index is 1.70. The van der Waals surface area contributed by atoms with Crippen LogP contribution in [0.4, 0.5) is 13.2 Å². The predicted molar refractivity (Wildman–Crippen MR) is 96.1 cm³/mol. The number of nitrogens with zero attached hydrogens (tertiary/aromatic N) is 2. The molecule has 0 spiro atoms. The second-order valence-electron chi connectivity index (χ2n) is 6.39. The standard InChI is InChI=1S/C20H19F3N2O3/c1-27-12-20(26)25(10-13-4-2-3-5-17(13)22)11-15-9-19(24-28-15)16-7-6-14(21)8-18(16)23/h2-8,15H,9-12H2,1H3. The fraction of sp³-hybridized carbons (Fsp3) is 0.300. The molecule has 0 aliphatic carbocycles. The number of benzene rings is 2. The van der Waals surface area contributed by atoms with Gasteiger partial charge in [-0.05, 0) is 18.2 Å². The lowest BCUT2D eigenvalue weighted by molar-refractivity contribution is -0.137. The van der Waals surface area contributed by atoms with E-state index in [0.29, 0.717) is 11.3 Å². The minimum atomic E-state index is -0.735. The molecule has 1 atom stereocenters. The maximum Gasteiger partial charge on any atom is 0.248 e. The molecule has 28 heavy (non-hydrogen) atoms. The summed E-state index contributed by atoms with van der Waals surface area (Å²) in [6.07, 6.45) is -0.302. The molecule has 3 rings (SSSR count). The molecule has 5 nitrogen and oxygen atoms in total. The van der Waals surface area contributed by atoms with E-state index < -0.39 is 23.6 Å². The second-order valence-corrected chi connectivity index (χ2v) is 6.39. The fourth-order valence-corrected chi connectivity index (χ4v) is 2.96. The molecule has 0 aromatic heterocycles. The van der Waals surface area contributed by atoms with Crippen molar-refractivity contribution in [3.05, 3.63) is 71.0 Å². The number of halogens is 3. The van der Waals surface area contributed by atoms with Crippen molar-refractivity contribution in [1.82, 2.24) is 4.90 Å². The molecule has 148 valence electrons. The summed E-state index contributed by atoms with van der Waals surface area (Å²) in [5.41, 5.74) is 0.830. The highest BCUT2D eigenvalue weighted by Crippen LogP contribution is 2.21. The van der Waals surface area contributed by atoms with Crippen LogP contribution < -0.4 is 0 Å². The zero-order valence-electron chi connectivity index (χ0n) is 15.2. The first kappa shape index (κ1) is 19.9. The van der Waals surface area contributed by atoms with Crippen molar-refractivity contribution in [2.45, 2.75) is 19.1 Å². The quantitative estimate of drug-likeness (QED) is 0.727. The largest absolute Gasteiger partial charge is 0.390 e. The number of oxime groups is 1. The van der Waals surface area contributed by atoms with Crippen LogP contribution in [0, 0.1) is 17.5 Å². The summed E-state index contributed by atoms with van der Waals surface area (Å²) in [6, 6.07) is 9.37. The molecule has 1 unspecified atom stereocenters. The minimum absolute atomic E-state index is 0.0367. The van der Waals surface area contributed by atoms with Gasteiger partial charge in [-0.15, -0.1) is 0 Å². The first-order valence-corrected chi connectivity index (χ1v) is 8.66. The van der Waals surface area contributed by atoms with Gasteiger partial charge in [0.15, 0.2) is 6.10 Å². The number of hydrogen-bond donors (Lipinski definition) is 0. The van der Waals surface area contributed by atoms with Crippen LogP contribution in [0.2, 0.25) is 0 Å². The molecular formula is C20H19F3N2O3. The summed E-state index contributed by atoms with van der Waals surface area (Å²) in [5, 5.41) is 3.87. The SMILES string of the molecule is COCC(=O)N(Cc1ccccc1F)CC1CC(c2ccc(F)cc2F)=NO1. The van der Waals surface area contributed by atoms with Crippen molar-refractivity contribution < 1.29 is 27.5 Å². The van der Waals surface area contributed by atoms with E-state index in [4.69, 9.17) is 9.57 Å². The van der Waals surface area contributed by atoms with Gasteiger partial charge >= 0.3 is 0 Å². The number of ether oxygens (including phenoxy) is 1. The lowest BCUT2D eigenvalue weighted by atomic mass is 10.0. The molecule has 0 N–H and O–H groups in total. The van der Waals surface area contributed by atoms with E-state index in [9.17, 15) is 18.0 Å². The molecule has 1 amide bonds. The highest BCUT2D eigenvalue weighted by atomic mass is 19.1. The Hall–Kier alpha value is -2.87. The summed E-state index contributed by atoms with van der Waals surface area (Å²) < 4.78 is 45.9. The predicted octanol–water partition coefficient (Wildman–Crippen LogP) is 3.27. The molecule has 0 saturated heterocycles. The van der Waals surface area contributed by atoms with Gasteiger partial charge in [-0.2, -0.15) is 0 Å². The van der Waals surface area contributed by atoms with E-state index in [1.54, 1.807) is 18.2 Å². The Morgan fingerprint density at radius 1 is 1.21 bits per heavy atom. The maximum atomic E-state index is 14.0. The van der Waals surface area contributed by atoms with Crippen molar-refractivity contribution in [2.75, 3.05) is 20.3 Å². The van der Waals surface area contributed by atoms with Gasteiger partial charge in [0.05, 0.1) is 12.3 Å².